The topological polar surface area (TPSA) is 70.7 Å². The Hall–Kier alpha value is -4.05. The van der Waals surface area contributed by atoms with Gasteiger partial charge >= 0.3 is 6.18 Å². The average Bonchev–Trinajstić information content (AvgIpc) is 3.45. The number of pyridine rings is 1. The van der Waals surface area contributed by atoms with Crippen LogP contribution in [-0.4, -0.2) is 58.5 Å². The fraction of sp³-hybridized carbons (Fsp3) is 0.375. The molecule has 1 amide bonds. The van der Waals surface area contributed by atoms with Crippen LogP contribution in [0.2, 0.25) is 0 Å². The molecule has 10 heteroatoms. The molecular weight excluding hydrogens is 545 g/mol. The molecule has 4 aromatic rings. The van der Waals surface area contributed by atoms with Crippen LogP contribution >= 0.6 is 0 Å². The zero-order chi connectivity index (χ0) is 29.4. The van der Waals surface area contributed by atoms with Gasteiger partial charge in [0.2, 0.25) is 5.91 Å². The first-order valence-electron chi connectivity index (χ1n) is 14.2. The van der Waals surface area contributed by atoms with Crippen LogP contribution in [0.1, 0.15) is 48.1 Å². The number of halogens is 3. The first kappa shape index (κ1) is 28.1. The van der Waals surface area contributed by atoms with Crippen molar-refractivity contribution in [2.75, 3.05) is 26.7 Å². The van der Waals surface area contributed by atoms with E-state index in [1.54, 1.807) is 29.4 Å². The van der Waals surface area contributed by atoms with Crippen LogP contribution < -0.4 is 9.47 Å². The van der Waals surface area contributed by atoms with E-state index in [1.165, 1.54) is 6.07 Å². The van der Waals surface area contributed by atoms with E-state index in [0.29, 0.717) is 42.9 Å². The lowest BCUT2D eigenvalue weighted by molar-refractivity contribution is -0.139. The summed E-state index contributed by atoms with van der Waals surface area (Å²) in [5.74, 6) is 0.909. The second-order valence-electron chi connectivity index (χ2n) is 11.2. The molecule has 0 aliphatic carbocycles. The maximum Gasteiger partial charge on any atom is 0.419 e. The van der Waals surface area contributed by atoms with Crippen LogP contribution in [-0.2, 0) is 23.8 Å². The number of hydrogen-bond donors (Lipinski definition) is 1. The molecule has 0 saturated carbocycles. The van der Waals surface area contributed by atoms with E-state index >= 15 is 0 Å². The number of ether oxygens (including phenoxy) is 2. The predicted molar refractivity (Wildman–Crippen MR) is 153 cm³/mol. The minimum atomic E-state index is -4.59. The molecule has 7 nitrogen and oxygen atoms in total. The molecule has 2 aliphatic heterocycles. The van der Waals surface area contributed by atoms with Crippen molar-refractivity contribution in [2.24, 2.45) is 0 Å². The van der Waals surface area contributed by atoms with E-state index in [4.69, 9.17) is 9.47 Å². The molecule has 0 bridgehead atoms. The van der Waals surface area contributed by atoms with Gasteiger partial charge in [-0.2, -0.15) is 13.2 Å². The van der Waals surface area contributed by atoms with Crippen LogP contribution in [0.25, 0.3) is 11.0 Å². The molecule has 1 fully saturated rings. The molecule has 0 spiro atoms. The summed E-state index contributed by atoms with van der Waals surface area (Å²) < 4.78 is 54.1. The molecule has 2 aliphatic rings. The zero-order valence-corrected chi connectivity index (χ0v) is 23.6. The summed E-state index contributed by atoms with van der Waals surface area (Å²) >= 11 is 0. The van der Waals surface area contributed by atoms with E-state index < -0.39 is 11.7 Å². The van der Waals surface area contributed by atoms with E-state index in [1.807, 2.05) is 38.2 Å². The Morgan fingerprint density at radius 2 is 1.86 bits per heavy atom. The van der Waals surface area contributed by atoms with Crippen molar-refractivity contribution in [1.82, 2.24) is 19.8 Å². The number of amides is 1. The highest BCUT2D eigenvalue weighted by molar-refractivity contribution is 5.82. The van der Waals surface area contributed by atoms with E-state index in [-0.39, 0.29) is 30.2 Å². The molecule has 4 heterocycles. The van der Waals surface area contributed by atoms with Crippen molar-refractivity contribution in [2.45, 2.75) is 50.9 Å². The lowest BCUT2D eigenvalue weighted by atomic mass is 9.92. The van der Waals surface area contributed by atoms with Gasteiger partial charge in [-0.1, -0.05) is 12.1 Å². The van der Waals surface area contributed by atoms with E-state index in [0.717, 1.165) is 41.3 Å². The Labute approximate surface area is 242 Å². The number of fused-ring (bicyclic) bond motifs is 2. The number of aromatic amines is 1. The SMILES string of the molecule is C[C@H]1c2cc(Oc3ccnc4[nH]ccc34)ccc2CCN1C(=O)Cc1ccc(OC2CCN(C)CC2)c(C(F)(F)F)c1. The van der Waals surface area contributed by atoms with Crippen LogP contribution in [0.4, 0.5) is 13.2 Å². The number of carbonyl (C=O) groups is 1. The zero-order valence-electron chi connectivity index (χ0n) is 23.6. The number of nitrogens with one attached hydrogen (secondary N) is 1. The summed E-state index contributed by atoms with van der Waals surface area (Å²) in [7, 11) is 1.99. The third-order valence-electron chi connectivity index (χ3n) is 8.29. The summed E-state index contributed by atoms with van der Waals surface area (Å²) in [5.41, 5.74) is 2.29. The summed E-state index contributed by atoms with van der Waals surface area (Å²) in [4.78, 5) is 24.7. The summed E-state index contributed by atoms with van der Waals surface area (Å²) in [6, 6.07) is 13.3. The van der Waals surface area contributed by atoms with Gasteiger partial charge in [0, 0.05) is 32.0 Å². The number of likely N-dealkylation sites (tertiary alicyclic amines) is 1. The smallest absolute Gasteiger partial charge is 0.419 e. The monoisotopic (exact) mass is 578 g/mol. The molecule has 6 rings (SSSR count). The minimum absolute atomic E-state index is 0.129. The van der Waals surface area contributed by atoms with Crippen LogP contribution in [0.15, 0.2) is 60.9 Å². The van der Waals surface area contributed by atoms with Gasteiger partial charge in [-0.05, 0) is 86.3 Å². The Bertz CT molecular complexity index is 1590. The number of aromatic nitrogens is 2. The number of H-pyrrole nitrogens is 1. The number of alkyl halides is 3. The lowest BCUT2D eigenvalue weighted by Gasteiger charge is -2.35. The highest BCUT2D eigenvalue weighted by Crippen LogP contribution is 2.39. The molecule has 0 radical (unpaired) electrons. The van der Waals surface area contributed by atoms with Crippen molar-refractivity contribution in [3.63, 3.8) is 0 Å². The Kier molecular flexibility index (Phi) is 7.57. The van der Waals surface area contributed by atoms with E-state index in [2.05, 4.69) is 14.9 Å². The fourth-order valence-electron chi connectivity index (χ4n) is 5.92. The molecule has 0 unspecified atom stereocenters. The van der Waals surface area contributed by atoms with Gasteiger partial charge in [-0.15, -0.1) is 0 Å². The van der Waals surface area contributed by atoms with Crippen molar-refractivity contribution in [3.05, 3.63) is 83.2 Å². The molecular formula is C32H33F3N4O3. The Morgan fingerprint density at radius 3 is 2.64 bits per heavy atom. The fourth-order valence-corrected chi connectivity index (χ4v) is 5.92. The van der Waals surface area contributed by atoms with Gasteiger partial charge < -0.3 is 24.3 Å². The molecule has 1 saturated heterocycles. The van der Waals surface area contributed by atoms with Gasteiger partial charge in [0.25, 0.3) is 0 Å². The maximum absolute atomic E-state index is 14.0. The molecule has 2 aromatic heterocycles. The molecule has 1 atom stereocenters. The molecule has 1 N–H and O–H groups in total. The molecule has 42 heavy (non-hydrogen) atoms. The number of hydrogen-bond acceptors (Lipinski definition) is 5. The Balaban J connectivity index is 1.17. The second kappa shape index (κ2) is 11.3. The van der Waals surface area contributed by atoms with Gasteiger partial charge in [-0.25, -0.2) is 4.98 Å². The van der Waals surface area contributed by atoms with Crippen LogP contribution in [0, 0.1) is 0 Å². The number of carbonyl (C=O) groups excluding carboxylic acids is 1. The first-order chi connectivity index (χ1) is 20.2. The maximum atomic E-state index is 14.0. The first-order valence-corrected chi connectivity index (χ1v) is 14.2. The van der Waals surface area contributed by atoms with Crippen LogP contribution in [0.5, 0.6) is 17.2 Å². The van der Waals surface area contributed by atoms with Gasteiger partial charge in [0.1, 0.15) is 29.0 Å². The molecule has 220 valence electrons. The number of rotatable bonds is 6. The third kappa shape index (κ3) is 5.81. The third-order valence-corrected chi connectivity index (χ3v) is 8.29. The number of benzene rings is 2. The van der Waals surface area contributed by atoms with Gasteiger partial charge in [-0.3, -0.25) is 4.79 Å². The van der Waals surface area contributed by atoms with Gasteiger partial charge in [0.05, 0.1) is 23.4 Å². The summed E-state index contributed by atoms with van der Waals surface area (Å²) in [6.07, 6.45) is 0.502. The largest absolute Gasteiger partial charge is 0.490 e. The van der Waals surface area contributed by atoms with Crippen molar-refractivity contribution in [1.29, 1.82) is 0 Å². The quantitative estimate of drug-likeness (QED) is 0.282. The molecule has 2 aromatic carbocycles. The van der Waals surface area contributed by atoms with Crippen molar-refractivity contribution in [3.8, 4) is 17.2 Å². The summed E-state index contributed by atoms with van der Waals surface area (Å²) in [6.45, 7) is 3.99. The highest BCUT2D eigenvalue weighted by Gasteiger charge is 2.36. The van der Waals surface area contributed by atoms with Crippen molar-refractivity contribution < 1.29 is 27.4 Å². The van der Waals surface area contributed by atoms with Crippen molar-refractivity contribution >= 4 is 16.9 Å². The second-order valence-corrected chi connectivity index (χ2v) is 11.2. The average molecular weight is 579 g/mol. The standard InChI is InChI=1S/C32H33F3N4O3/c1-20-26-19-24(42-28-8-13-37-31-25(28)7-12-36-31)5-4-22(26)9-16-39(20)30(40)18-21-3-6-29(27(17-21)32(33,34)35)41-23-10-14-38(2)15-11-23/h3-8,12-13,17,19-20,23H,9-11,14-16,18H2,1-2H3,(H,36,37)/t20-/m0/s1. The normalized spacial score (nSPS) is 18.2. The Morgan fingerprint density at radius 1 is 1.05 bits per heavy atom. The van der Waals surface area contributed by atoms with Gasteiger partial charge in [0.15, 0.2) is 0 Å². The summed E-state index contributed by atoms with van der Waals surface area (Å²) in [5, 5.41) is 0.862. The number of piperidine rings is 1. The lowest BCUT2D eigenvalue weighted by Crippen LogP contribution is -2.39. The number of nitrogens with zero attached hydrogens (tertiary/aromatic N) is 3. The highest BCUT2D eigenvalue weighted by atomic mass is 19.4. The predicted octanol–water partition coefficient (Wildman–Crippen LogP) is 6.54. The van der Waals surface area contributed by atoms with Crippen LogP contribution in [0.3, 0.4) is 0 Å². The van der Waals surface area contributed by atoms with E-state index in [9.17, 15) is 18.0 Å². The minimum Gasteiger partial charge on any atom is -0.490 e.